The molecule has 1 heteroatoms. The topological polar surface area (TPSA) is 17.1 Å². The molecule has 4 atom stereocenters. The number of hydrogen-bond donors (Lipinski definition) is 0. The Kier molecular flexibility index (Phi) is 5.42. The van der Waals surface area contributed by atoms with E-state index in [1.54, 1.807) is 6.92 Å². The molecular formula is C16H28O. The Morgan fingerprint density at radius 1 is 1.41 bits per heavy atom. The summed E-state index contributed by atoms with van der Waals surface area (Å²) in [6.45, 7) is 12.4. The van der Waals surface area contributed by atoms with Crippen molar-refractivity contribution < 1.29 is 4.79 Å². The molecule has 1 nitrogen and oxygen atoms in total. The zero-order valence-corrected chi connectivity index (χ0v) is 12.0. The summed E-state index contributed by atoms with van der Waals surface area (Å²) in [5.74, 6) is 2.80. The van der Waals surface area contributed by atoms with Gasteiger partial charge in [-0.3, -0.25) is 4.79 Å². The highest BCUT2D eigenvalue weighted by molar-refractivity contribution is 5.78. The van der Waals surface area contributed by atoms with E-state index in [1.165, 1.54) is 24.8 Å². The minimum absolute atomic E-state index is 0.215. The van der Waals surface area contributed by atoms with Crippen LogP contribution in [0.5, 0.6) is 0 Å². The Balaban J connectivity index is 2.15. The maximum atomic E-state index is 11.3. The summed E-state index contributed by atoms with van der Waals surface area (Å²) in [7, 11) is 0. The number of allylic oxidation sites excluding steroid dienone is 1. The molecule has 0 radical (unpaired) electrons. The fourth-order valence-corrected chi connectivity index (χ4v) is 2.69. The molecular weight excluding hydrogens is 208 g/mol. The van der Waals surface area contributed by atoms with Crippen molar-refractivity contribution >= 4 is 5.78 Å². The molecule has 1 rings (SSSR count). The molecule has 17 heavy (non-hydrogen) atoms. The van der Waals surface area contributed by atoms with Gasteiger partial charge in [0.2, 0.25) is 0 Å². The summed E-state index contributed by atoms with van der Waals surface area (Å²) < 4.78 is 0. The largest absolute Gasteiger partial charge is 0.300 e. The summed E-state index contributed by atoms with van der Waals surface area (Å²) in [6.07, 6.45) is 6.19. The van der Waals surface area contributed by atoms with Crippen LogP contribution in [0, 0.1) is 23.7 Å². The number of ketones is 1. The average molecular weight is 236 g/mol. The van der Waals surface area contributed by atoms with Gasteiger partial charge in [-0.2, -0.15) is 0 Å². The van der Waals surface area contributed by atoms with Gasteiger partial charge in [0.15, 0.2) is 0 Å². The van der Waals surface area contributed by atoms with Crippen LogP contribution in [0.1, 0.15) is 59.8 Å². The van der Waals surface area contributed by atoms with Gasteiger partial charge in [-0.1, -0.05) is 39.3 Å². The second-order valence-electron chi connectivity index (χ2n) is 5.94. The van der Waals surface area contributed by atoms with Crippen molar-refractivity contribution in [1.82, 2.24) is 0 Å². The number of Topliss-reactive ketones (excluding diaryl/α,β-unsaturated/α-hetero) is 1. The maximum Gasteiger partial charge on any atom is 0.132 e. The van der Waals surface area contributed by atoms with E-state index < -0.39 is 0 Å². The fourth-order valence-electron chi connectivity index (χ4n) is 2.69. The summed E-state index contributed by atoms with van der Waals surface area (Å²) in [5, 5.41) is 0. The van der Waals surface area contributed by atoms with Crippen molar-refractivity contribution in [2.24, 2.45) is 23.7 Å². The van der Waals surface area contributed by atoms with E-state index in [9.17, 15) is 4.79 Å². The molecule has 1 aliphatic carbocycles. The Labute approximate surface area is 107 Å². The highest BCUT2D eigenvalue weighted by Crippen LogP contribution is 2.47. The molecule has 1 saturated carbocycles. The Morgan fingerprint density at radius 2 is 2.06 bits per heavy atom. The van der Waals surface area contributed by atoms with Crippen LogP contribution in [0.4, 0.5) is 0 Å². The van der Waals surface area contributed by atoms with Crippen LogP contribution in [-0.4, -0.2) is 5.78 Å². The molecule has 0 aliphatic heterocycles. The summed E-state index contributed by atoms with van der Waals surface area (Å²) in [4.78, 5) is 11.3. The predicted molar refractivity (Wildman–Crippen MR) is 73.9 cm³/mol. The second kappa shape index (κ2) is 6.37. The van der Waals surface area contributed by atoms with E-state index in [1.807, 2.05) is 0 Å². The first-order chi connectivity index (χ1) is 7.97. The molecule has 98 valence electrons. The molecule has 0 amide bonds. The van der Waals surface area contributed by atoms with Crippen molar-refractivity contribution in [3.8, 4) is 0 Å². The van der Waals surface area contributed by atoms with E-state index in [0.29, 0.717) is 11.7 Å². The smallest absolute Gasteiger partial charge is 0.132 e. The van der Waals surface area contributed by atoms with Crippen molar-refractivity contribution in [1.29, 1.82) is 0 Å². The lowest BCUT2D eigenvalue weighted by molar-refractivity contribution is -0.121. The molecule has 0 heterocycles. The van der Waals surface area contributed by atoms with Gasteiger partial charge < -0.3 is 0 Å². The molecule has 0 spiro atoms. The van der Waals surface area contributed by atoms with E-state index in [2.05, 4.69) is 27.4 Å². The number of carbonyl (C=O) groups excluding carboxylic acids is 1. The molecule has 0 aromatic heterocycles. The second-order valence-corrected chi connectivity index (χ2v) is 5.94. The van der Waals surface area contributed by atoms with Crippen LogP contribution in [-0.2, 0) is 4.79 Å². The number of hydrogen-bond acceptors (Lipinski definition) is 1. The van der Waals surface area contributed by atoms with Crippen LogP contribution in [0.25, 0.3) is 0 Å². The van der Waals surface area contributed by atoms with E-state index >= 15 is 0 Å². The molecule has 1 fully saturated rings. The van der Waals surface area contributed by atoms with Gasteiger partial charge in [0.05, 0.1) is 0 Å². The fraction of sp³-hybridized carbons (Fsp3) is 0.812. The molecule has 0 aromatic rings. The van der Waals surface area contributed by atoms with Gasteiger partial charge >= 0.3 is 0 Å². The minimum Gasteiger partial charge on any atom is -0.300 e. The molecule has 0 aromatic carbocycles. The molecule has 0 saturated heterocycles. The number of rotatable bonds is 8. The summed E-state index contributed by atoms with van der Waals surface area (Å²) >= 11 is 0. The molecule has 4 unspecified atom stereocenters. The lowest BCUT2D eigenvalue weighted by Gasteiger charge is -2.17. The first-order valence-corrected chi connectivity index (χ1v) is 7.15. The van der Waals surface area contributed by atoms with Gasteiger partial charge in [-0.15, -0.1) is 0 Å². The lowest BCUT2D eigenvalue weighted by atomic mass is 9.87. The standard InChI is InChI=1S/C16H28O/c1-6-15-10-16(15)12(3)9-7-8-11(2)13(4)14(5)17/h11,13,15-16H,3,6-10H2,1-2,4-5H3. The van der Waals surface area contributed by atoms with Crippen molar-refractivity contribution in [2.75, 3.05) is 0 Å². The highest BCUT2D eigenvalue weighted by Gasteiger charge is 2.36. The molecule has 1 aliphatic rings. The summed E-state index contributed by atoms with van der Waals surface area (Å²) in [6, 6.07) is 0. The van der Waals surface area contributed by atoms with Gasteiger partial charge in [0.25, 0.3) is 0 Å². The van der Waals surface area contributed by atoms with Crippen molar-refractivity contribution in [3.63, 3.8) is 0 Å². The highest BCUT2D eigenvalue weighted by atomic mass is 16.1. The zero-order valence-electron chi connectivity index (χ0n) is 12.0. The molecule has 0 N–H and O–H groups in total. The van der Waals surface area contributed by atoms with Crippen LogP contribution in [0.15, 0.2) is 12.2 Å². The minimum atomic E-state index is 0.215. The van der Waals surface area contributed by atoms with Crippen LogP contribution in [0.2, 0.25) is 0 Å². The zero-order chi connectivity index (χ0) is 13.0. The van der Waals surface area contributed by atoms with Gasteiger partial charge in [0.1, 0.15) is 5.78 Å². The lowest BCUT2D eigenvalue weighted by Crippen LogP contribution is -2.15. The summed E-state index contributed by atoms with van der Waals surface area (Å²) in [5.41, 5.74) is 1.46. The van der Waals surface area contributed by atoms with Gasteiger partial charge in [-0.25, -0.2) is 0 Å². The first-order valence-electron chi connectivity index (χ1n) is 7.15. The van der Waals surface area contributed by atoms with Crippen molar-refractivity contribution in [3.05, 3.63) is 12.2 Å². The van der Waals surface area contributed by atoms with E-state index in [0.717, 1.165) is 24.7 Å². The number of carbonyl (C=O) groups is 1. The normalized spacial score (nSPS) is 26.4. The maximum absolute atomic E-state index is 11.3. The van der Waals surface area contributed by atoms with Crippen LogP contribution in [0.3, 0.4) is 0 Å². The van der Waals surface area contributed by atoms with Gasteiger partial charge in [0, 0.05) is 5.92 Å². The monoisotopic (exact) mass is 236 g/mol. The third-order valence-corrected chi connectivity index (χ3v) is 4.62. The average Bonchev–Trinajstić information content (AvgIpc) is 3.06. The van der Waals surface area contributed by atoms with Crippen molar-refractivity contribution in [2.45, 2.75) is 59.8 Å². The van der Waals surface area contributed by atoms with E-state index in [4.69, 9.17) is 0 Å². The molecule has 0 bridgehead atoms. The van der Waals surface area contributed by atoms with Crippen LogP contribution < -0.4 is 0 Å². The SMILES string of the molecule is C=C(CCCC(C)C(C)C(C)=O)C1CC1CC. The Bertz CT molecular complexity index is 279. The van der Waals surface area contributed by atoms with Crippen LogP contribution >= 0.6 is 0 Å². The Morgan fingerprint density at radius 3 is 2.53 bits per heavy atom. The predicted octanol–water partition coefficient (Wildman–Crippen LogP) is 4.62. The van der Waals surface area contributed by atoms with Gasteiger partial charge in [-0.05, 0) is 50.4 Å². The third kappa shape index (κ3) is 4.29. The first kappa shape index (κ1) is 14.5. The Hall–Kier alpha value is -0.590. The van der Waals surface area contributed by atoms with E-state index in [-0.39, 0.29) is 5.92 Å². The third-order valence-electron chi connectivity index (χ3n) is 4.62. The quantitative estimate of drug-likeness (QED) is 0.562.